The van der Waals surface area contributed by atoms with Crippen molar-refractivity contribution in [2.24, 2.45) is 0 Å². The highest BCUT2D eigenvalue weighted by Crippen LogP contribution is 2.09. The Labute approximate surface area is 76.6 Å². The van der Waals surface area contributed by atoms with Crippen LogP contribution in [0.3, 0.4) is 0 Å². The van der Waals surface area contributed by atoms with E-state index in [1.165, 1.54) is 0 Å². The van der Waals surface area contributed by atoms with Gasteiger partial charge in [0.15, 0.2) is 5.78 Å². The molecule has 0 amide bonds. The molecule has 0 unspecified atom stereocenters. The first-order valence-electron chi connectivity index (χ1n) is 3.17. The lowest BCUT2D eigenvalue weighted by Gasteiger charge is -2.00. The fraction of sp³-hybridized carbons (Fsp3) is 0.125. The average molecular weight is 184 g/mol. The molecular formula is C8H8OS2. The van der Waals surface area contributed by atoms with E-state index in [-0.39, 0.29) is 5.78 Å². The van der Waals surface area contributed by atoms with Crippen LogP contribution in [0.15, 0.2) is 30.3 Å². The van der Waals surface area contributed by atoms with E-state index >= 15 is 0 Å². The molecule has 0 heterocycles. The van der Waals surface area contributed by atoms with Crippen LogP contribution in [0.5, 0.6) is 0 Å². The van der Waals surface area contributed by atoms with E-state index < -0.39 is 4.58 Å². The van der Waals surface area contributed by atoms with Gasteiger partial charge in [0.05, 0.1) is 0 Å². The average Bonchev–Trinajstić information content (AvgIpc) is 2.05. The molecule has 1 nitrogen and oxygen atoms in total. The van der Waals surface area contributed by atoms with Crippen molar-refractivity contribution in [3.8, 4) is 0 Å². The maximum Gasteiger partial charge on any atom is 0.185 e. The predicted molar refractivity (Wildman–Crippen MR) is 52.5 cm³/mol. The van der Waals surface area contributed by atoms with Crippen molar-refractivity contribution in [2.45, 2.75) is 4.58 Å². The van der Waals surface area contributed by atoms with Gasteiger partial charge in [-0.1, -0.05) is 30.3 Å². The van der Waals surface area contributed by atoms with Crippen LogP contribution in [-0.2, 0) is 0 Å². The van der Waals surface area contributed by atoms with Crippen LogP contribution in [0.1, 0.15) is 10.4 Å². The van der Waals surface area contributed by atoms with Gasteiger partial charge in [0.25, 0.3) is 0 Å². The molecule has 3 heteroatoms. The maximum absolute atomic E-state index is 11.2. The molecule has 11 heavy (non-hydrogen) atoms. The van der Waals surface area contributed by atoms with Crippen molar-refractivity contribution in [2.75, 3.05) is 0 Å². The van der Waals surface area contributed by atoms with Crippen LogP contribution in [0.25, 0.3) is 0 Å². The van der Waals surface area contributed by atoms with Gasteiger partial charge in [0, 0.05) is 5.56 Å². The molecule has 0 saturated carbocycles. The van der Waals surface area contributed by atoms with Crippen molar-refractivity contribution in [3.05, 3.63) is 35.9 Å². The zero-order valence-corrected chi connectivity index (χ0v) is 7.56. The molecule has 0 fully saturated rings. The van der Waals surface area contributed by atoms with Crippen LogP contribution >= 0.6 is 25.3 Å². The van der Waals surface area contributed by atoms with Crippen LogP contribution in [0.4, 0.5) is 0 Å². The molecule has 0 saturated heterocycles. The Balaban J connectivity index is 2.86. The molecule has 0 bridgehead atoms. The first kappa shape index (κ1) is 8.68. The molecule has 0 spiro atoms. The Morgan fingerprint density at radius 1 is 1.18 bits per heavy atom. The lowest BCUT2D eigenvalue weighted by molar-refractivity contribution is 0.101. The minimum absolute atomic E-state index is 0.0581. The van der Waals surface area contributed by atoms with Gasteiger partial charge in [-0.3, -0.25) is 4.79 Å². The number of rotatable bonds is 2. The Bertz CT molecular complexity index is 244. The third kappa shape index (κ3) is 2.27. The summed E-state index contributed by atoms with van der Waals surface area (Å²) in [4.78, 5) is 11.2. The Morgan fingerprint density at radius 3 is 2.18 bits per heavy atom. The molecule has 1 aromatic carbocycles. The summed E-state index contributed by atoms with van der Waals surface area (Å²) in [5.74, 6) is -0.0581. The number of hydrogen-bond donors (Lipinski definition) is 2. The summed E-state index contributed by atoms with van der Waals surface area (Å²) < 4.78 is -0.516. The van der Waals surface area contributed by atoms with E-state index in [1.54, 1.807) is 12.1 Å². The lowest BCUT2D eigenvalue weighted by atomic mass is 10.1. The fourth-order valence-electron chi connectivity index (χ4n) is 0.751. The summed E-state index contributed by atoms with van der Waals surface area (Å²) in [5.41, 5.74) is 0.655. The number of hydrogen-bond acceptors (Lipinski definition) is 3. The van der Waals surface area contributed by atoms with Gasteiger partial charge < -0.3 is 0 Å². The van der Waals surface area contributed by atoms with E-state index in [9.17, 15) is 4.79 Å². The summed E-state index contributed by atoms with van der Waals surface area (Å²) in [6.45, 7) is 0. The van der Waals surface area contributed by atoms with Crippen LogP contribution in [0.2, 0.25) is 0 Å². The quantitative estimate of drug-likeness (QED) is 0.409. The Hall–Kier alpha value is -0.410. The second kappa shape index (κ2) is 3.83. The Morgan fingerprint density at radius 2 is 1.73 bits per heavy atom. The van der Waals surface area contributed by atoms with Gasteiger partial charge in [0.1, 0.15) is 4.58 Å². The van der Waals surface area contributed by atoms with E-state index in [1.807, 2.05) is 18.2 Å². The number of benzene rings is 1. The zero-order chi connectivity index (χ0) is 8.27. The van der Waals surface area contributed by atoms with Gasteiger partial charge >= 0.3 is 0 Å². The molecule has 0 aliphatic heterocycles. The first-order chi connectivity index (χ1) is 5.22. The van der Waals surface area contributed by atoms with Gasteiger partial charge in [-0.25, -0.2) is 0 Å². The monoisotopic (exact) mass is 184 g/mol. The van der Waals surface area contributed by atoms with Crippen LogP contribution in [-0.4, -0.2) is 10.4 Å². The number of thiol groups is 2. The third-order valence-corrected chi connectivity index (χ3v) is 1.76. The smallest absolute Gasteiger partial charge is 0.185 e. The summed E-state index contributed by atoms with van der Waals surface area (Å²) in [6, 6.07) is 9.00. The van der Waals surface area contributed by atoms with Gasteiger partial charge in [-0.2, -0.15) is 25.3 Å². The largest absolute Gasteiger partial charge is 0.292 e. The minimum Gasteiger partial charge on any atom is -0.292 e. The minimum atomic E-state index is -0.516. The second-order valence-electron chi connectivity index (χ2n) is 2.10. The van der Waals surface area contributed by atoms with Crippen molar-refractivity contribution in [1.29, 1.82) is 0 Å². The molecule has 0 aliphatic rings. The second-order valence-corrected chi connectivity index (χ2v) is 3.54. The molecule has 58 valence electrons. The standard InChI is InChI=1S/C8H8OS2/c9-7(8(10)11)6-4-2-1-3-5-6/h1-5,8,10-11H. The molecular weight excluding hydrogens is 176 g/mol. The first-order valence-corrected chi connectivity index (χ1v) is 4.20. The molecule has 0 atom stereocenters. The Kier molecular flexibility index (Phi) is 3.02. The summed E-state index contributed by atoms with van der Waals surface area (Å²) in [7, 11) is 0. The number of carbonyl (C=O) groups is 1. The van der Waals surface area contributed by atoms with Crippen LogP contribution < -0.4 is 0 Å². The molecule has 1 aromatic rings. The summed E-state index contributed by atoms with van der Waals surface area (Å²) in [5, 5.41) is 0. The van der Waals surface area contributed by atoms with E-state index in [4.69, 9.17) is 0 Å². The molecule has 0 N–H and O–H groups in total. The fourth-order valence-corrected chi connectivity index (χ4v) is 1.05. The van der Waals surface area contributed by atoms with Crippen LogP contribution in [0, 0.1) is 0 Å². The predicted octanol–water partition coefficient (Wildman–Crippen LogP) is 2.06. The van der Waals surface area contributed by atoms with Crippen molar-refractivity contribution >= 4 is 31.0 Å². The highest BCUT2D eigenvalue weighted by atomic mass is 32.2. The topological polar surface area (TPSA) is 17.1 Å². The lowest BCUT2D eigenvalue weighted by Crippen LogP contribution is -2.07. The molecule has 0 radical (unpaired) electrons. The van der Waals surface area contributed by atoms with Gasteiger partial charge in [-0.05, 0) is 0 Å². The zero-order valence-electron chi connectivity index (χ0n) is 5.77. The summed E-state index contributed by atoms with van der Waals surface area (Å²) in [6.07, 6.45) is 0. The van der Waals surface area contributed by atoms with Gasteiger partial charge in [-0.15, -0.1) is 0 Å². The van der Waals surface area contributed by atoms with E-state index in [0.29, 0.717) is 5.56 Å². The number of ketones is 1. The number of Topliss-reactive ketones (excluding diaryl/α,β-unsaturated/α-hetero) is 1. The van der Waals surface area contributed by atoms with E-state index in [0.717, 1.165) is 0 Å². The van der Waals surface area contributed by atoms with E-state index in [2.05, 4.69) is 25.3 Å². The number of carbonyl (C=O) groups excluding carboxylic acids is 1. The van der Waals surface area contributed by atoms with Crippen molar-refractivity contribution in [1.82, 2.24) is 0 Å². The normalized spacial score (nSPS) is 10.1. The molecule has 0 aromatic heterocycles. The maximum atomic E-state index is 11.2. The molecule has 1 rings (SSSR count). The summed E-state index contributed by atoms with van der Waals surface area (Å²) >= 11 is 7.84. The van der Waals surface area contributed by atoms with Crippen molar-refractivity contribution in [3.63, 3.8) is 0 Å². The highest BCUT2D eigenvalue weighted by molar-refractivity contribution is 8.00. The molecule has 0 aliphatic carbocycles. The highest BCUT2D eigenvalue weighted by Gasteiger charge is 2.09. The van der Waals surface area contributed by atoms with Gasteiger partial charge in [0.2, 0.25) is 0 Å². The third-order valence-electron chi connectivity index (χ3n) is 1.29. The SMILES string of the molecule is O=C(c1ccccc1)C(S)S. The van der Waals surface area contributed by atoms with Crippen molar-refractivity contribution < 1.29 is 4.79 Å².